The summed E-state index contributed by atoms with van der Waals surface area (Å²) in [6.07, 6.45) is 1.83. The summed E-state index contributed by atoms with van der Waals surface area (Å²) in [5.74, 6) is 0.0371. The molecule has 0 bridgehead atoms. The van der Waals surface area contributed by atoms with Gasteiger partial charge in [0.1, 0.15) is 0 Å². The molecule has 6 heteroatoms. The quantitative estimate of drug-likeness (QED) is 0.907. The van der Waals surface area contributed by atoms with E-state index in [9.17, 15) is 4.79 Å². The highest BCUT2D eigenvalue weighted by Crippen LogP contribution is 2.29. The molecule has 2 N–H and O–H groups in total. The molecular weight excluding hydrogens is 296 g/mol. The van der Waals surface area contributed by atoms with E-state index in [0.29, 0.717) is 6.54 Å². The van der Waals surface area contributed by atoms with Crippen molar-refractivity contribution in [1.29, 1.82) is 0 Å². The molecular formula is C16H20N4OS. The third-order valence-corrected chi connectivity index (χ3v) is 5.20. The van der Waals surface area contributed by atoms with Gasteiger partial charge in [-0.05, 0) is 12.5 Å². The number of hydrogen-bond acceptors (Lipinski definition) is 5. The molecule has 2 aromatic rings. The molecule has 0 radical (unpaired) electrons. The summed E-state index contributed by atoms with van der Waals surface area (Å²) in [6, 6.07) is 10.1. The molecule has 3 atom stereocenters. The minimum absolute atomic E-state index is 0.00445. The third-order valence-electron chi connectivity index (χ3n) is 4.25. The molecule has 1 amide bonds. The van der Waals surface area contributed by atoms with Gasteiger partial charge in [-0.2, -0.15) is 0 Å². The zero-order valence-corrected chi connectivity index (χ0v) is 13.5. The van der Waals surface area contributed by atoms with Crippen LogP contribution in [0, 0.1) is 5.92 Å². The number of hydrazine groups is 1. The van der Waals surface area contributed by atoms with Crippen molar-refractivity contribution in [3.05, 3.63) is 52.5 Å². The zero-order chi connectivity index (χ0) is 15.5. The van der Waals surface area contributed by atoms with Gasteiger partial charge in [-0.25, -0.2) is 5.43 Å². The van der Waals surface area contributed by atoms with Crippen LogP contribution in [0.5, 0.6) is 0 Å². The lowest BCUT2D eigenvalue weighted by molar-refractivity contribution is -0.136. The fourth-order valence-electron chi connectivity index (χ4n) is 2.78. The molecule has 0 spiro atoms. The maximum absolute atomic E-state index is 12.9. The molecule has 22 heavy (non-hydrogen) atoms. The number of amides is 1. The fraction of sp³-hybridized carbons (Fsp3) is 0.375. The van der Waals surface area contributed by atoms with Crippen LogP contribution in [0.25, 0.3) is 0 Å². The summed E-state index contributed by atoms with van der Waals surface area (Å²) in [5, 5.41) is 0. The van der Waals surface area contributed by atoms with E-state index in [1.54, 1.807) is 16.8 Å². The second-order valence-electron chi connectivity index (χ2n) is 5.55. The van der Waals surface area contributed by atoms with Crippen LogP contribution >= 0.6 is 11.3 Å². The van der Waals surface area contributed by atoms with Gasteiger partial charge in [0.2, 0.25) is 5.91 Å². The molecule has 1 fully saturated rings. The topological polar surface area (TPSA) is 57.3 Å². The van der Waals surface area contributed by atoms with E-state index >= 15 is 0 Å². The van der Waals surface area contributed by atoms with E-state index < -0.39 is 0 Å². The minimum atomic E-state index is -0.109. The Labute approximate surface area is 134 Å². The predicted octanol–water partition coefficient (Wildman–Crippen LogP) is 2.13. The van der Waals surface area contributed by atoms with Crippen LogP contribution in [0.15, 0.2) is 42.0 Å². The Morgan fingerprint density at radius 3 is 2.86 bits per heavy atom. The minimum Gasteiger partial charge on any atom is -0.338 e. The molecule has 1 aliphatic heterocycles. The van der Waals surface area contributed by atoms with E-state index in [2.05, 4.69) is 28.0 Å². The summed E-state index contributed by atoms with van der Waals surface area (Å²) in [5.41, 5.74) is 9.28. The van der Waals surface area contributed by atoms with Gasteiger partial charge in [0.05, 0.1) is 23.5 Å². The number of carbonyl (C=O) groups excluding carboxylic acids is 1. The first-order valence-electron chi connectivity index (χ1n) is 7.37. The lowest BCUT2D eigenvalue weighted by Crippen LogP contribution is -2.38. The predicted molar refractivity (Wildman–Crippen MR) is 87.1 cm³/mol. The van der Waals surface area contributed by atoms with Crippen molar-refractivity contribution < 1.29 is 4.79 Å². The van der Waals surface area contributed by atoms with Crippen molar-refractivity contribution in [2.75, 3.05) is 13.6 Å². The van der Waals surface area contributed by atoms with Crippen LogP contribution in [-0.2, 0) is 4.79 Å². The Hall–Kier alpha value is -1.76. The van der Waals surface area contributed by atoms with Crippen molar-refractivity contribution in [1.82, 2.24) is 20.7 Å². The lowest BCUT2D eigenvalue weighted by atomic mass is 9.93. The highest BCUT2D eigenvalue weighted by Gasteiger charge is 2.36. The highest BCUT2D eigenvalue weighted by atomic mass is 32.1. The van der Waals surface area contributed by atoms with Gasteiger partial charge in [-0.15, -0.1) is 11.3 Å². The van der Waals surface area contributed by atoms with Crippen LogP contribution in [-0.4, -0.2) is 29.4 Å². The standard InChI is InChI=1S/C16H20N4OS/c1-11(14-9-17-10-22-14)20(2)16(21)13-8-18-19-15(13)12-6-4-3-5-7-12/h3-7,9-11,13,15,18-19H,8H2,1-2H3. The molecule has 1 aromatic heterocycles. The smallest absolute Gasteiger partial charge is 0.229 e. The normalized spacial score (nSPS) is 22.5. The van der Waals surface area contributed by atoms with Crippen molar-refractivity contribution >= 4 is 17.2 Å². The summed E-state index contributed by atoms with van der Waals surface area (Å²) in [6.45, 7) is 2.68. The summed E-state index contributed by atoms with van der Waals surface area (Å²) < 4.78 is 0. The first kappa shape index (κ1) is 15.1. The first-order chi connectivity index (χ1) is 10.7. The molecule has 2 heterocycles. The average molecular weight is 316 g/mol. The van der Waals surface area contributed by atoms with Gasteiger partial charge >= 0.3 is 0 Å². The number of carbonyl (C=O) groups is 1. The Morgan fingerprint density at radius 1 is 1.41 bits per heavy atom. The Bertz CT molecular complexity index is 616. The average Bonchev–Trinajstić information content (AvgIpc) is 3.24. The van der Waals surface area contributed by atoms with Gasteiger partial charge in [-0.3, -0.25) is 15.2 Å². The molecule has 1 aromatic carbocycles. The van der Waals surface area contributed by atoms with E-state index in [0.717, 1.165) is 10.4 Å². The van der Waals surface area contributed by atoms with Crippen molar-refractivity contribution in [2.24, 2.45) is 5.92 Å². The number of nitrogens with zero attached hydrogens (tertiary/aromatic N) is 2. The Kier molecular flexibility index (Phi) is 4.52. The van der Waals surface area contributed by atoms with E-state index in [4.69, 9.17) is 0 Å². The Morgan fingerprint density at radius 2 is 2.18 bits per heavy atom. The highest BCUT2D eigenvalue weighted by molar-refractivity contribution is 7.09. The summed E-state index contributed by atoms with van der Waals surface area (Å²) in [4.78, 5) is 19.9. The number of aromatic nitrogens is 1. The molecule has 116 valence electrons. The van der Waals surface area contributed by atoms with Gasteiger partial charge < -0.3 is 4.90 Å². The molecule has 3 rings (SSSR count). The Balaban J connectivity index is 1.76. The second-order valence-corrected chi connectivity index (χ2v) is 6.47. The molecule has 5 nitrogen and oxygen atoms in total. The first-order valence-corrected chi connectivity index (χ1v) is 8.25. The van der Waals surface area contributed by atoms with Crippen LogP contribution in [0.3, 0.4) is 0 Å². The van der Waals surface area contributed by atoms with Crippen LogP contribution < -0.4 is 10.9 Å². The van der Waals surface area contributed by atoms with Crippen molar-refractivity contribution in [2.45, 2.75) is 19.0 Å². The molecule has 1 aliphatic rings. The maximum atomic E-state index is 12.9. The SMILES string of the molecule is CC(c1cncs1)N(C)C(=O)C1CNNC1c1ccccc1. The van der Waals surface area contributed by atoms with E-state index in [-0.39, 0.29) is 23.9 Å². The van der Waals surface area contributed by atoms with Gasteiger partial charge in [-0.1, -0.05) is 30.3 Å². The van der Waals surface area contributed by atoms with Crippen LogP contribution in [0.2, 0.25) is 0 Å². The molecule has 0 saturated carbocycles. The number of hydrogen-bond donors (Lipinski definition) is 2. The zero-order valence-electron chi connectivity index (χ0n) is 12.7. The van der Waals surface area contributed by atoms with Crippen molar-refractivity contribution in [3.63, 3.8) is 0 Å². The van der Waals surface area contributed by atoms with Gasteiger partial charge in [0.25, 0.3) is 0 Å². The van der Waals surface area contributed by atoms with E-state index in [1.165, 1.54) is 0 Å². The van der Waals surface area contributed by atoms with Crippen LogP contribution in [0.4, 0.5) is 0 Å². The third kappa shape index (κ3) is 2.90. The lowest BCUT2D eigenvalue weighted by Gasteiger charge is -2.28. The monoisotopic (exact) mass is 316 g/mol. The number of rotatable bonds is 4. The number of thiazole rings is 1. The van der Waals surface area contributed by atoms with Gasteiger partial charge in [0.15, 0.2) is 0 Å². The van der Waals surface area contributed by atoms with Crippen molar-refractivity contribution in [3.8, 4) is 0 Å². The number of nitrogens with one attached hydrogen (secondary N) is 2. The largest absolute Gasteiger partial charge is 0.338 e. The van der Waals surface area contributed by atoms with Gasteiger partial charge in [0, 0.05) is 24.7 Å². The van der Waals surface area contributed by atoms with Crippen LogP contribution in [0.1, 0.15) is 29.4 Å². The summed E-state index contributed by atoms with van der Waals surface area (Å²) in [7, 11) is 1.87. The molecule has 0 aliphatic carbocycles. The second kappa shape index (κ2) is 6.56. The fourth-order valence-corrected chi connectivity index (χ4v) is 3.50. The summed E-state index contributed by atoms with van der Waals surface area (Å²) >= 11 is 1.58. The van der Waals surface area contributed by atoms with E-state index in [1.807, 2.05) is 43.3 Å². The maximum Gasteiger partial charge on any atom is 0.229 e. The number of benzene rings is 1. The molecule has 1 saturated heterocycles. The molecule has 3 unspecified atom stereocenters.